The Labute approximate surface area is 241 Å². The molecule has 1 unspecified atom stereocenters. The number of ether oxygens (including phenoxy) is 1. The number of aryl methyl sites for hydroxylation is 1. The number of methoxy groups -OCH3 is 1. The summed E-state index contributed by atoms with van der Waals surface area (Å²) in [4.78, 5) is 12.6. The molecule has 0 bridgehead atoms. The first-order valence-corrected chi connectivity index (χ1v) is 14.2. The van der Waals surface area contributed by atoms with Crippen LogP contribution in [0, 0.1) is 11.3 Å². The second-order valence-electron chi connectivity index (χ2n) is 10.2. The van der Waals surface area contributed by atoms with E-state index in [0.29, 0.717) is 38.4 Å². The fourth-order valence-electron chi connectivity index (χ4n) is 3.88. The number of hydrogen-bond acceptors (Lipinski definition) is 2. The van der Waals surface area contributed by atoms with Crippen LogP contribution in [0.5, 0.6) is 0 Å². The predicted octanol–water partition coefficient (Wildman–Crippen LogP) is 10.3. The SMILES string of the molecule is C=C(/C=C(\OC)c1ccc(CC)cc1Cl)C(=O)Nc1ccc(CC(C)C)c(Cl)c1.C=CC(C)(CC)CCC. The van der Waals surface area contributed by atoms with Gasteiger partial charge in [0.05, 0.1) is 12.1 Å². The van der Waals surface area contributed by atoms with E-state index in [1.165, 1.54) is 26.4 Å². The number of carbonyl (C=O) groups excluding carboxylic acids is 1. The van der Waals surface area contributed by atoms with Crippen molar-refractivity contribution < 1.29 is 9.53 Å². The molecule has 0 saturated carbocycles. The Morgan fingerprint density at radius 1 is 1.11 bits per heavy atom. The van der Waals surface area contributed by atoms with Crippen molar-refractivity contribution in [3.8, 4) is 0 Å². The first kappa shape index (κ1) is 33.5. The van der Waals surface area contributed by atoms with Gasteiger partial charge in [-0.1, -0.05) is 96.0 Å². The maximum absolute atomic E-state index is 12.6. The molecule has 1 amide bonds. The maximum Gasteiger partial charge on any atom is 0.255 e. The number of hydrogen-bond donors (Lipinski definition) is 1. The first-order valence-electron chi connectivity index (χ1n) is 13.4. The molecule has 0 aliphatic carbocycles. The highest BCUT2D eigenvalue weighted by atomic mass is 35.5. The molecular weight excluding hydrogens is 513 g/mol. The average molecular weight is 559 g/mol. The van der Waals surface area contributed by atoms with Gasteiger partial charge in [-0.3, -0.25) is 4.79 Å². The van der Waals surface area contributed by atoms with Crippen LogP contribution in [-0.2, 0) is 22.4 Å². The van der Waals surface area contributed by atoms with Gasteiger partial charge >= 0.3 is 0 Å². The summed E-state index contributed by atoms with van der Waals surface area (Å²) in [6.45, 7) is 20.7. The maximum atomic E-state index is 12.6. The molecule has 2 aromatic rings. The molecule has 0 radical (unpaired) electrons. The third-order valence-corrected chi connectivity index (χ3v) is 7.25. The van der Waals surface area contributed by atoms with E-state index in [2.05, 4.69) is 66.1 Å². The van der Waals surface area contributed by atoms with Gasteiger partial charge in [0.15, 0.2) is 0 Å². The molecule has 38 heavy (non-hydrogen) atoms. The van der Waals surface area contributed by atoms with Gasteiger partial charge in [0.1, 0.15) is 5.76 Å². The van der Waals surface area contributed by atoms with Crippen molar-refractivity contribution >= 4 is 40.6 Å². The van der Waals surface area contributed by atoms with E-state index in [1.807, 2.05) is 30.3 Å². The average Bonchev–Trinajstić information content (AvgIpc) is 2.89. The molecule has 0 aliphatic heterocycles. The van der Waals surface area contributed by atoms with Crippen LogP contribution in [0.15, 0.2) is 67.3 Å². The van der Waals surface area contributed by atoms with Gasteiger partial charge in [-0.25, -0.2) is 0 Å². The highest BCUT2D eigenvalue weighted by molar-refractivity contribution is 6.32. The molecule has 1 atom stereocenters. The number of halogens is 2. The van der Waals surface area contributed by atoms with Gasteiger partial charge in [-0.05, 0) is 78.5 Å². The van der Waals surface area contributed by atoms with Crippen molar-refractivity contribution in [3.63, 3.8) is 0 Å². The van der Waals surface area contributed by atoms with Crippen LogP contribution in [0.4, 0.5) is 5.69 Å². The molecule has 0 heterocycles. The second-order valence-corrected chi connectivity index (χ2v) is 11.0. The van der Waals surface area contributed by atoms with Gasteiger partial charge in [-0.2, -0.15) is 0 Å². The smallest absolute Gasteiger partial charge is 0.255 e. The molecule has 3 nitrogen and oxygen atoms in total. The molecule has 2 aromatic carbocycles. The fraction of sp³-hybridized carbons (Fsp3) is 0.424. The topological polar surface area (TPSA) is 38.3 Å². The molecule has 0 aromatic heterocycles. The fourth-order valence-corrected chi connectivity index (χ4v) is 4.44. The molecule has 1 N–H and O–H groups in total. The number of carbonyl (C=O) groups is 1. The Hall–Kier alpha value is -2.49. The van der Waals surface area contributed by atoms with Crippen LogP contribution in [0.1, 0.15) is 77.5 Å². The zero-order valence-electron chi connectivity index (χ0n) is 24.2. The lowest BCUT2D eigenvalue weighted by Crippen LogP contribution is -2.13. The summed E-state index contributed by atoms with van der Waals surface area (Å²) in [5.74, 6) is 0.639. The van der Waals surface area contributed by atoms with Gasteiger partial charge in [0, 0.05) is 21.8 Å². The normalized spacial score (nSPS) is 12.7. The summed E-state index contributed by atoms with van der Waals surface area (Å²) in [6, 6.07) is 11.3. The van der Waals surface area contributed by atoms with E-state index in [1.54, 1.807) is 12.1 Å². The second kappa shape index (κ2) is 16.5. The summed E-state index contributed by atoms with van der Waals surface area (Å²) in [5, 5.41) is 4.03. The van der Waals surface area contributed by atoms with Crippen molar-refractivity contribution in [1.82, 2.24) is 0 Å². The first-order chi connectivity index (χ1) is 17.9. The number of rotatable bonds is 12. The number of amides is 1. The Bertz CT molecular complexity index is 1120. The predicted molar refractivity (Wildman–Crippen MR) is 167 cm³/mol. The van der Waals surface area contributed by atoms with E-state index in [4.69, 9.17) is 27.9 Å². The Balaban J connectivity index is 0.000000686. The van der Waals surface area contributed by atoms with Crippen molar-refractivity contribution in [3.05, 3.63) is 94.0 Å². The Morgan fingerprint density at radius 2 is 1.79 bits per heavy atom. The zero-order chi connectivity index (χ0) is 28.9. The third-order valence-electron chi connectivity index (χ3n) is 6.58. The minimum atomic E-state index is -0.339. The van der Waals surface area contributed by atoms with Crippen molar-refractivity contribution in [1.29, 1.82) is 0 Å². The van der Waals surface area contributed by atoms with Crippen molar-refractivity contribution in [2.75, 3.05) is 12.4 Å². The van der Waals surface area contributed by atoms with E-state index < -0.39 is 0 Å². The molecular formula is C33H45Cl2NO2. The lowest BCUT2D eigenvalue weighted by atomic mass is 9.83. The number of nitrogens with one attached hydrogen (secondary N) is 1. The van der Waals surface area contributed by atoms with Crippen LogP contribution in [0.2, 0.25) is 10.0 Å². The lowest BCUT2D eigenvalue weighted by molar-refractivity contribution is -0.112. The summed E-state index contributed by atoms with van der Waals surface area (Å²) >= 11 is 12.7. The molecule has 0 spiro atoms. The zero-order valence-corrected chi connectivity index (χ0v) is 25.7. The minimum Gasteiger partial charge on any atom is -0.496 e. The molecule has 0 aliphatic rings. The van der Waals surface area contributed by atoms with Crippen molar-refractivity contribution in [2.45, 2.75) is 73.6 Å². The van der Waals surface area contributed by atoms with E-state index in [-0.39, 0.29) is 11.5 Å². The summed E-state index contributed by atoms with van der Waals surface area (Å²) in [5.41, 5.74) is 4.16. The van der Waals surface area contributed by atoms with E-state index in [9.17, 15) is 4.79 Å². The van der Waals surface area contributed by atoms with Gasteiger partial charge in [0.25, 0.3) is 5.91 Å². The standard InChI is InChI=1S/C24H27Cl2NO2.C9H18/c1-6-17-7-10-20(22(26)13-17)23(29-5)12-16(4)24(28)27-19-9-8-18(11-15(2)3)21(25)14-19;1-5-8-9(4,6-2)7-3/h7-10,12-15H,4,6,11H2,1-3,5H3,(H,27,28);6H,2,5,7-8H2,1,3-4H3/b23-12-;. The summed E-state index contributed by atoms with van der Waals surface area (Å²) in [7, 11) is 1.54. The minimum absolute atomic E-state index is 0.250. The molecule has 0 saturated heterocycles. The molecule has 208 valence electrons. The van der Waals surface area contributed by atoms with Crippen LogP contribution in [0.25, 0.3) is 5.76 Å². The Kier molecular flexibility index (Phi) is 14.5. The van der Waals surface area contributed by atoms with Crippen LogP contribution in [0.3, 0.4) is 0 Å². The van der Waals surface area contributed by atoms with E-state index >= 15 is 0 Å². The highest BCUT2D eigenvalue weighted by Crippen LogP contribution is 2.29. The quantitative estimate of drug-likeness (QED) is 0.122. The molecule has 5 heteroatoms. The largest absolute Gasteiger partial charge is 0.496 e. The lowest BCUT2D eigenvalue weighted by Gasteiger charge is -2.22. The van der Waals surface area contributed by atoms with Crippen LogP contribution in [-0.4, -0.2) is 13.0 Å². The highest BCUT2D eigenvalue weighted by Gasteiger charge is 2.15. The number of benzene rings is 2. The number of allylic oxidation sites excluding steroid dienone is 1. The van der Waals surface area contributed by atoms with E-state index in [0.717, 1.165) is 24.0 Å². The number of anilines is 1. The van der Waals surface area contributed by atoms with Crippen LogP contribution >= 0.6 is 23.2 Å². The monoisotopic (exact) mass is 557 g/mol. The van der Waals surface area contributed by atoms with Gasteiger partial charge < -0.3 is 10.1 Å². The van der Waals surface area contributed by atoms with Gasteiger partial charge in [0.2, 0.25) is 0 Å². The summed E-state index contributed by atoms with van der Waals surface area (Å²) in [6.07, 6.45) is 9.18. The Morgan fingerprint density at radius 3 is 2.24 bits per heavy atom. The summed E-state index contributed by atoms with van der Waals surface area (Å²) < 4.78 is 5.45. The molecule has 0 fully saturated rings. The van der Waals surface area contributed by atoms with Crippen molar-refractivity contribution in [2.24, 2.45) is 11.3 Å². The van der Waals surface area contributed by atoms with Crippen LogP contribution < -0.4 is 5.32 Å². The molecule has 2 rings (SSSR count). The third kappa shape index (κ3) is 10.7. The van der Waals surface area contributed by atoms with Gasteiger partial charge in [-0.15, -0.1) is 6.58 Å².